The Labute approximate surface area is 109 Å². The van der Waals surface area contributed by atoms with Crippen molar-refractivity contribution in [2.75, 3.05) is 20.1 Å². The van der Waals surface area contributed by atoms with Gasteiger partial charge in [-0.3, -0.25) is 4.90 Å². The van der Waals surface area contributed by atoms with Gasteiger partial charge in [0.25, 0.3) is 0 Å². The van der Waals surface area contributed by atoms with E-state index in [9.17, 15) is 0 Å². The average Bonchev–Trinajstić information content (AvgIpc) is 2.36. The highest BCUT2D eigenvalue weighted by atomic mass is 15.2. The molecule has 0 radical (unpaired) electrons. The zero-order valence-electron chi connectivity index (χ0n) is 12.9. The minimum Gasteiger partial charge on any atom is -0.315 e. The van der Waals surface area contributed by atoms with Crippen LogP contribution < -0.4 is 5.32 Å². The molecule has 0 saturated carbocycles. The molecule has 0 rings (SSSR count). The maximum Gasteiger partial charge on any atom is 0.0246 e. The van der Waals surface area contributed by atoms with Crippen molar-refractivity contribution in [1.82, 2.24) is 10.2 Å². The van der Waals surface area contributed by atoms with Crippen LogP contribution in [0.5, 0.6) is 0 Å². The van der Waals surface area contributed by atoms with Crippen molar-refractivity contribution in [3.63, 3.8) is 0 Å². The van der Waals surface area contributed by atoms with Gasteiger partial charge in [-0.2, -0.15) is 0 Å². The van der Waals surface area contributed by atoms with Gasteiger partial charge in [-0.05, 0) is 32.4 Å². The summed E-state index contributed by atoms with van der Waals surface area (Å²) in [6.07, 6.45) is 5.08. The summed E-state index contributed by atoms with van der Waals surface area (Å²) in [6.45, 7) is 14.0. The van der Waals surface area contributed by atoms with E-state index >= 15 is 0 Å². The molecule has 3 atom stereocenters. The first-order valence-electron chi connectivity index (χ1n) is 7.55. The molecule has 0 spiro atoms. The van der Waals surface area contributed by atoms with Crippen molar-refractivity contribution in [2.24, 2.45) is 5.92 Å². The Bertz CT molecular complexity index is 170. The normalized spacial score (nSPS) is 17.1. The first-order valence-corrected chi connectivity index (χ1v) is 7.55. The fourth-order valence-corrected chi connectivity index (χ4v) is 2.67. The molecule has 104 valence electrons. The maximum absolute atomic E-state index is 3.52. The summed E-state index contributed by atoms with van der Waals surface area (Å²) >= 11 is 0. The summed E-state index contributed by atoms with van der Waals surface area (Å²) in [5, 5.41) is 3.52. The van der Waals surface area contributed by atoms with Gasteiger partial charge < -0.3 is 5.32 Å². The molecular formula is C15H34N2. The predicted octanol–water partition coefficient (Wildman–Crippen LogP) is 3.52. The summed E-state index contributed by atoms with van der Waals surface area (Å²) in [5.74, 6) is 0.808. The van der Waals surface area contributed by atoms with E-state index in [0.29, 0.717) is 12.1 Å². The molecule has 0 aliphatic heterocycles. The van der Waals surface area contributed by atoms with Gasteiger partial charge in [0.15, 0.2) is 0 Å². The van der Waals surface area contributed by atoms with Crippen LogP contribution in [0, 0.1) is 5.92 Å². The van der Waals surface area contributed by atoms with E-state index in [0.717, 1.165) is 5.92 Å². The maximum atomic E-state index is 3.52. The van der Waals surface area contributed by atoms with Crippen LogP contribution in [0.15, 0.2) is 0 Å². The first kappa shape index (κ1) is 16.9. The number of likely N-dealkylation sites (N-methyl/N-ethyl adjacent to an activating group) is 2. The number of rotatable bonds is 10. The topological polar surface area (TPSA) is 15.3 Å². The molecule has 0 amide bonds. The Hall–Kier alpha value is -0.0800. The SMILES string of the molecule is CCCC(NC)C(CC)N(CC)CC(C)CC. The van der Waals surface area contributed by atoms with Gasteiger partial charge in [0.1, 0.15) is 0 Å². The lowest BCUT2D eigenvalue weighted by molar-refractivity contribution is 0.136. The van der Waals surface area contributed by atoms with Gasteiger partial charge in [-0.25, -0.2) is 0 Å². The van der Waals surface area contributed by atoms with Gasteiger partial charge >= 0.3 is 0 Å². The zero-order chi connectivity index (χ0) is 13.3. The molecule has 0 fully saturated rings. The summed E-state index contributed by atoms with van der Waals surface area (Å²) < 4.78 is 0. The molecule has 0 aromatic carbocycles. The second-order valence-electron chi connectivity index (χ2n) is 5.26. The third-order valence-corrected chi connectivity index (χ3v) is 3.97. The van der Waals surface area contributed by atoms with E-state index in [2.05, 4.69) is 51.9 Å². The fraction of sp³-hybridized carbons (Fsp3) is 1.00. The molecule has 0 aliphatic rings. The minimum absolute atomic E-state index is 0.647. The molecule has 0 heterocycles. The van der Waals surface area contributed by atoms with Crippen LogP contribution >= 0.6 is 0 Å². The molecule has 0 bridgehead atoms. The van der Waals surface area contributed by atoms with Crippen molar-refractivity contribution in [2.45, 2.75) is 72.4 Å². The monoisotopic (exact) mass is 242 g/mol. The third kappa shape index (κ3) is 5.87. The standard InChI is InChI=1S/C15H34N2/c1-7-11-14(16-6)15(9-3)17(10-4)12-13(5)8-2/h13-16H,7-12H2,1-6H3. The van der Waals surface area contributed by atoms with Crippen LogP contribution in [0.25, 0.3) is 0 Å². The fourth-order valence-electron chi connectivity index (χ4n) is 2.67. The Morgan fingerprint density at radius 1 is 1.06 bits per heavy atom. The Balaban J connectivity index is 4.54. The van der Waals surface area contributed by atoms with Crippen molar-refractivity contribution < 1.29 is 0 Å². The number of nitrogens with zero attached hydrogens (tertiary/aromatic N) is 1. The van der Waals surface area contributed by atoms with E-state index < -0.39 is 0 Å². The molecule has 2 heteroatoms. The van der Waals surface area contributed by atoms with Crippen molar-refractivity contribution >= 4 is 0 Å². The third-order valence-electron chi connectivity index (χ3n) is 3.97. The zero-order valence-corrected chi connectivity index (χ0v) is 12.9. The second kappa shape index (κ2) is 9.90. The van der Waals surface area contributed by atoms with Gasteiger partial charge in [0.2, 0.25) is 0 Å². The van der Waals surface area contributed by atoms with E-state index in [1.54, 1.807) is 0 Å². The summed E-state index contributed by atoms with van der Waals surface area (Å²) in [5.41, 5.74) is 0. The molecule has 0 aromatic rings. The van der Waals surface area contributed by atoms with Crippen LogP contribution in [0.2, 0.25) is 0 Å². The second-order valence-corrected chi connectivity index (χ2v) is 5.26. The van der Waals surface area contributed by atoms with Crippen molar-refractivity contribution in [3.8, 4) is 0 Å². The van der Waals surface area contributed by atoms with Crippen molar-refractivity contribution in [3.05, 3.63) is 0 Å². The first-order chi connectivity index (χ1) is 8.14. The molecule has 1 N–H and O–H groups in total. The van der Waals surface area contributed by atoms with Crippen LogP contribution in [0.1, 0.15) is 60.3 Å². The highest BCUT2D eigenvalue weighted by Gasteiger charge is 2.24. The quantitative estimate of drug-likeness (QED) is 0.630. The van der Waals surface area contributed by atoms with Gasteiger partial charge in [0.05, 0.1) is 0 Å². The van der Waals surface area contributed by atoms with Crippen LogP contribution in [-0.4, -0.2) is 37.1 Å². The van der Waals surface area contributed by atoms with E-state index in [1.807, 2.05) is 0 Å². The predicted molar refractivity (Wildman–Crippen MR) is 78.5 cm³/mol. The smallest absolute Gasteiger partial charge is 0.0246 e. The van der Waals surface area contributed by atoms with Gasteiger partial charge in [-0.1, -0.05) is 47.5 Å². The van der Waals surface area contributed by atoms with Crippen molar-refractivity contribution in [1.29, 1.82) is 0 Å². The Morgan fingerprint density at radius 3 is 2.06 bits per heavy atom. The van der Waals surface area contributed by atoms with E-state index in [4.69, 9.17) is 0 Å². The summed E-state index contributed by atoms with van der Waals surface area (Å²) in [4.78, 5) is 2.67. The minimum atomic E-state index is 0.647. The molecule has 3 unspecified atom stereocenters. The molecule has 0 aromatic heterocycles. The Kier molecular flexibility index (Phi) is 9.85. The summed E-state index contributed by atoms with van der Waals surface area (Å²) in [6, 6.07) is 1.34. The molecule has 2 nitrogen and oxygen atoms in total. The lowest BCUT2D eigenvalue weighted by Gasteiger charge is -2.37. The summed E-state index contributed by atoms with van der Waals surface area (Å²) in [7, 11) is 2.11. The van der Waals surface area contributed by atoms with E-state index in [1.165, 1.54) is 38.8 Å². The van der Waals surface area contributed by atoms with Crippen LogP contribution in [0.3, 0.4) is 0 Å². The molecule has 0 aliphatic carbocycles. The highest BCUT2D eigenvalue weighted by Crippen LogP contribution is 2.16. The van der Waals surface area contributed by atoms with Crippen LogP contribution in [-0.2, 0) is 0 Å². The number of hydrogen-bond donors (Lipinski definition) is 1. The lowest BCUT2D eigenvalue weighted by atomic mass is 9.97. The number of nitrogens with one attached hydrogen (secondary N) is 1. The van der Waals surface area contributed by atoms with E-state index in [-0.39, 0.29) is 0 Å². The van der Waals surface area contributed by atoms with Crippen LogP contribution in [0.4, 0.5) is 0 Å². The highest BCUT2D eigenvalue weighted by molar-refractivity contribution is 4.83. The number of hydrogen-bond acceptors (Lipinski definition) is 2. The molecule has 17 heavy (non-hydrogen) atoms. The average molecular weight is 242 g/mol. The largest absolute Gasteiger partial charge is 0.315 e. The molecular weight excluding hydrogens is 208 g/mol. The molecule has 0 saturated heterocycles. The van der Waals surface area contributed by atoms with Gasteiger partial charge in [0, 0.05) is 18.6 Å². The lowest BCUT2D eigenvalue weighted by Crippen LogP contribution is -2.50. The Morgan fingerprint density at radius 2 is 1.71 bits per heavy atom. The van der Waals surface area contributed by atoms with Gasteiger partial charge in [-0.15, -0.1) is 0 Å².